The summed E-state index contributed by atoms with van der Waals surface area (Å²) in [6, 6.07) is 14.8. The van der Waals surface area contributed by atoms with E-state index >= 15 is 0 Å². The number of rotatable bonds is 3. The number of benzene rings is 2. The minimum atomic E-state index is -0.190. The van der Waals surface area contributed by atoms with Crippen molar-refractivity contribution in [1.82, 2.24) is 5.32 Å². The highest BCUT2D eigenvalue weighted by Gasteiger charge is 2.24. The van der Waals surface area contributed by atoms with Crippen molar-refractivity contribution in [3.8, 4) is 0 Å². The summed E-state index contributed by atoms with van der Waals surface area (Å²) in [4.78, 5) is 17.0. The van der Waals surface area contributed by atoms with Crippen LogP contribution in [0.4, 0.5) is 0 Å². The lowest BCUT2D eigenvalue weighted by Gasteiger charge is -2.22. The van der Waals surface area contributed by atoms with Gasteiger partial charge in [0.2, 0.25) is 0 Å². The zero-order valence-electron chi connectivity index (χ0n) is 11.7. The van der Waals surface area contributed by atoms with Gasteiger partial charge in [-0.25, -0.2) is 0 Å². The highest BCUT2D eigenvalue weighted by Crippen LogP contribution is 2.24. The number of amidine groups is 1. The molecule has 2 aromatic carbocycles. The van der Waals surface area contributed by atoms with E-state index in [2.05, 4.69) is 10.3 Å². The molecule has 1 aliphatic heterocycles. The second kappa shape index (κ2) is 6.51. The molecule has 1 atom stereocenters. The molecular formula is C17H14Cl2N2O. The van der Waals surface area contributed by atoms with Crippen LogP contribution in [0.5, 0.6) is 0 Å². The standard InChI is InChI=1S/C17H14Cl2N2O/c18-14-7-6-12(8-15(14)19)16(22)13-9-20-17(21-10-13)11-4-2-1-3-5-11/h1-8,13H,9-10H2,(H,20,21). The fraction of sp³-hybridized carbons (Fsp3) is 0.176. The van der Waals surface area contributed by atoms with Gasteiger partial charge in [0.25, 0.3) is 0 Å². The van der Waals surface area contributed by atoms with Crippen LogP contribution in [0.1, 0.15) is 15.9 Å². The van der Waals surface area contributed by atoms with E-state index in [9.17, 15) is 4.79 Å². The molecule has 2 aromatic rings. The molecular weight excluding hydrogens is 319 g/mol. The van der Waals surface area contributed by atoms with E-state index in [1.807, 2.05) is 30.3 Å². The average Bonchev–Trinajstić information content (AvgIpc) is 2.58. The van der Waals surface area contributed by atoms with Gasteiger partial charge < -0.3 is 5.32 Å². The summed E-state index contributed by atoms with van der Waals surface area (Å²) < 4.78 is 0. The molecule has 1 unspecified atom stereocenters. The molecule has 0 aliphatic carbocycles. The molecule has 0 bridgehead atoms. The summed E-state index contributed by atoms with van der Waals surface area (Å²) in [5, 5.41) is 4.07. The lowest BCUT2D eigenvalue weighted by molar-refractivity contribution is 0.0924. The lowest BCUT2D eigenvalue weighted by Crippen LogP contribution is -2.39. The first kappa shape index (κ1) is 15.1. The average molecular weight is 333 g/mol. The fourth-order valence-electron chi connectivity index (χ4n) is 2.39. The summed E-state index contributed by atoms with van der Waals surface area (Å²) in [7, 11) is 0. The molecule has 0 amide bonds. The van der Waals surface area contributed by atoms with Crippen molar-refractivity contribution in [2.75, 3.05) is 13.1 Å². The van der Waals surface area contributed by atoms with Crippen LogP contribution in [0.25, 0.3) is 0 Å². The summed E-state index contributed by atoms with van der Waals surface area (Å²) in [5.74, 6) is 0.672. The predicted octanol–water partition coefficient (Wildman–Crippen LogP) is 3.84. The molecule has 1 heterocycles. The molecule has 3 rings (SSSR count). The van der Waals surface area contributed by atoms with Crippen LogP contribution in [-0.4, -0.2) is 24.7 Å². The Bertz CT molecular complexity index is 729. The van der Waals surface area contributed by atoms with Gasteiger partial charge in [0.05, 0.1) is 22.5 Å². The molecule has 0 saturated heterocycles. The van der Waals surface area contributed by atoms with Crippen molar-refractivity contribution in [2.24, 2.45) is 10.9 Å². The van der Waals surface area contributed by atoms with Crippen LogP contribution >= 0.6 is 23.2 Å². The van der Waals surface area contributed by atoms with Crippen molar-refractivity contribution in [3.05, 3.63) is 69.7 Å². The van der Waals surface area contributed by atoms with Gasteiger partial charge >= 0.3 is 0 Å². The zero-order chi connectivity index (χ0) is 15.5. The first-order valence-corrected chi connectivity index (χ1v) is 7.74. The second-order valence-corrected chi connectivity index (χ2v) is 5.94. The third-order valence-electron chi connectivity index (χ3n) is 3.61. The van der Waals surface area contributed by atoms with Crippen molar-refractivity contribution in [2.45, 2.75) is 0 Å². The maximum Gasteiger partial charge on any atom is 0.169 e. The molecule has 1 N–H and O–H groups in total. The van der Waals surface area contributed by atoms with E-state index in [1.54, 1.807) is 18.2 Å². The highest BCUT2D eigenvalue weighted by molar-refractivity contribution is 6.42. The van der Waals surface area contributed by atoms with E-state index in [0.717, 1.165) is 11.4 Å². The summed E-state index contributed by atoms with van der Waals surface area (Å²) >= 11 is 11.9. The highest BCUT2D eigenvalue weighted by atomic mass is 35.5. The summed E-state index contributed by atoms with van der Waals surface area (Å²) in [5.41, 5.74) is 1.60. The fourth-order valence-corrected chi connectivity index (χ4v) is 2.69. The van der Waals surface area contributed by atoms with Crippen molar-refractivity contribution >= 4 is 34.8 Å². The van der Waals surface area contributed by atoms with Crippen LogP contribution in [0.15, 0.2) is 53.5 Å². The molecule has 22 heavy (non-hydrogen) atoms. The first-order valence-electron chi connectivity index (χ1n) is 6.98. The maximum atomic E-state index is 12.5. The smallest absolute Gasteiger partial charge is 0.169 e. The van der Waals surface area contributed by atoms with Gasteiger partial charge in [0.1, 0.15) is 5.84 Å². The van der Waals surface area contributed by atoms with Crippen LogP contribution in [0.3, 0.4) is 0 Å². The van der Waals surface area contributed by atoms with E-state index < -0.39 is 0 Å². The molecule has 0 fully saturated rings. The minimum Gasteiger partial charge on any atom is -0.369 e. The number of nitrogens with one attached hydrogen (secondary N) is 1. The molecule has 0 spiro atoms. The van der Waals surface area contributed by atoms with Crippen molar-refractivity contribution < 1.29 is 4.79 Å². The largest absolute Gasteiger partial charge is 0.369 e. The summed E-state index contributed by atoms with van der Waals surface area (Å²) in [6.45, 7) is 1.03. The number of Topliss-reactive ketones (excluding diaryl/α,β-unsaturated/α-hetero) is 1. The SMILES string of the molecule is O=C(c1ccc(Cl)c(Cl)c1)C1CN=C(c2ccccc2)NC1. The zero-order valence-corrected chi connectivity index (χ0v) is 13.2. The Balaban J connectivity index is 1.74. The molecule has 1 aliphatic rings. The Morgan fingerprint density at radius 1 is 1.09 bits per heavy atom. The number of nitrogens with zero attached hydrogens (tertiary/aromatic N) is 1. The Morgan fingerprint density at radius 3 is 2.50 bits per heavy atom. The van der Waals surface area contributed by atoms with Gasteiger partial charge in [-0.1, -0.05) is 53.5 Å². The van der Waals surface area contributed by atoms with Crippen LogP contribution in [-0.2, 0) is 0 Å². The van der Waals surface area contributed by atoms with E-state index in [4.69, 9.17) is 23.2 Å². The van der Waals surface area contributed by atoms with Gasteiger partial charge in [0, 0.05) is 17.7 Å². The van der Waals surface area contributed by atoms with Gasteiger partial charge in [0.15, 0.2) is 5.78 Å². The third kappa shape index (κ3) is 3.16. The van der Waals surface area contributed by atoms with Crippen molar-refractivity contribution in [3.63, 3.8) is 0 Å². The number of halogens is 2. The van der Waals surface area contributed by atoms with Crippen LogP contribution in [0.2, 0.25) is 10.0 Å². The Morgan fingerprint density at radius 2 is 1.86 bits per heavy atom. The van der Waals surface area contributed by atoms with Gasteiger partial charge in [-0.3, -0.25) is 9.79 Å². The van der Waals surface area contributed by atoms with Gasteiger partial charge in [-0.2, -0.15) is 0 Å². The Labute approximate surface area is 139 Å². The first-order chi connectivity index (χ1) is 10.6. The normalized spacial score (nSPS) is 17.5. The number of ketones is 1. The molecule has 112 valence electrons. The monoisotopic (exact) mass is 332 g/mol. The molecule has 5 heteroatoms. The number of carbonyl (C=O) groups is 1. The topological polar surface area (TPSA) is 41.5 Å². The number of hydrogen-bond acceptors (Lipinski definition) is 3. The predicted molar refractivity (Wildman–Crippen MR) is 90.1 cm³/mol. The van der Waals surface area contributed by atoms with E-state index in [-0.39, 0.29) is 11.7 Å². The summed E-state index contributed by atoms with van der Waals surface area (Å²) in [6.07, 6.45) is 0. The van der Waals surface area contributed by atoms with Gasteiger partial charge in [-0.15, -0.1) is 0 Å². The second-order valence-electron chi connectivity index (χ2n) is 5.13. The van der Waals surface area contributed by atoms with Crippen molar-refractivity contribution in [1.29, 1.82) is 0 Å². The maximum absolute atomic E-state index is 12.5. The van der Waals surface area contributed by atoms with Crippen LogP contribution in [0, 0.1) is 5.92 Å². The molecule has 0 aromatic heterocycles. The molecule has 3 nitrogen and oxygen atoms in total. The molecule has 0 saturated carbocycles. The Hall–Kier alpha value is -1.84. The third-order valence-corrected chi connectivity index (χ3v) is 4.35. The quantitative estimate of drug-likeness (QED) is 0.867. The van der Waals surface area contributed by atoms with Gasteiger partial charge in [-0.05, 0) is 18.2 Å². The minimum absolute atomic E-state index is 0.0296. The number of hydrogen-bond donors (Lipinski definition) is 1. The van der Waals surface area contributed by atoms with Crippen LogP contribution < -0.4 is 5.32 Å². The lowest BCUT2D eigenvalue weighted by atomic mass is 9.96. The van der Waals surface area contributed by atoms with E-state index in [1.165, 1.54) is 0 Å². The number of carbonyl (C=O) groups excluding carboxylic acids is 1. The van der Waals surface area contributed by atoms with E-state index in [0.29, 0.717) is 28.7 Å². The number of aliphatic imine (C=N–C) groups is 1. The Kier molecular flexibility index (Phi) is 4.46. The molecule has 0 radical (unpaired) electrons.